The van der Waals surface area contributed by atoms with Gasteiger partial charge in [0.15, 0.2) is 5.82 Å². The van der Waals surface area contributed by atoms with Crippen LogP contribution in [0, 0.1) is 6.92 Å². The Labute approximate surface area is 112 Å². The molecule has 0 bridgehead atoms. The number of anilines is 1. The predicted octanol–water partition coefficient (Wildman–Crippen LogP) is 0.721. The van der Waals surface area contributed by atoms with Crippen molar-refractivity contribution in [2.75, 3.05) is 18.5 Å². The smallest absolute Gasteiger partial charge is 0.152 e. The van der Waals surface area contributed by atoms with Crippen LogP contribution in [-0.4, -0.2) is 33.3 Å². The number of fused-ring (bicyclic) bond motifs is 1. The quantitative estimate of drug-likeness (QED) is 0.879. The van der Waals surface area contributed by atoms with Gasteiger partial charge in [0, 0.05) is 25.8 Å². The number of rotatable bonds is 3. The molecule has 3 rings (SSSR count). The minimum Gasteiger partial charge on any atom is -0.347 e. The molecule has 0 saturated heterocycles. The van der Waals surface area contributed by atoms with E-state index in [0.29, 0.717) is 0 Å². The summed E-state index contributed by atoms with van der Waals surface area (Å²) in [6, 6.07) is 2.19. The summed E-state index contributed by atoms with van der Waals surface area (Å²) in [7, 11) is 1.95. The third-order valence-electron chi connectivity index (χ3n) is 3.43. The highest BCUT2D eigenvalue weighted by Crippen LogP contribution is 2.22. The van der Waals surface area contributed by atoms with Gasteiger partial charge in [0.1, 0.15) is 12.1 Å². The largest absolute Gasteiger partial charge is 0.347 e. The normalized spacial score (nSPS) is 14.5. The highest BCUT2D eigenvalue weighted by Gasteiger charge is 2.19. The van der Waals surface area contributed by atoms with Crippen LogP contribution in [0.4, 0.5) is 5.82 Å². The number of hydrogen-bond donors (Lipinski definition) is 1. The summed E-state index contributed by atoms with van der Waals surface area (Å²) in [6.45, 7) is 5.61. The van der Waals surface area contributed by atoms with Crippen molar-refractivity contribution in [3.63, 3.8) is 0 Å². The first-order chi connectivity index (χ1) is 9.28. The summed E-state index contributed by atoms with van der Waals surface area (Å²) >= 11 is 0. The van der Waals surface area contributed by atoms with E-state index in [4.69, 9.17) is 0 Å². The molecule has 2 aromatic heterocycles. The Morgan fingerprint density at radius 3 is 3.05 bits per heavy atom. The van der Waals surface area contributed by atoms with Crippen molar-refractivity contribution in [1.82, 2.24) is 25.1 Å². The molecule has 0 radical (unpaired) electrons. The second-order valence-electron chi connectivity index (χ2n) is 4.88. The average Bonchev–Trinajstić information content (AvgIpc) is 2.86. The highest BCUT2D eigenvalue weighted by molar-refractivity contribution is 5.47. The molecule has 0 aliphatic carbocycles. The average molecular weight is 258 g/mol. The number of nitrogens with zero attached hydrogens (tertiary/aromatic N) is 5. The third kappa shape index (κ3) is 2.31. The van der Waals surface area contributed by atoms with Gasteiger partial charge in [-0.1, -0.05) is 0 Å². The van der Waals surface area contributed by atoms with Gasteiger partial charge in [-0.2, -0.15) is 0 Å². The lowest BCUT2D eigenvalue weighted by molar-refractivity contribution is 0.555. The van der Waals surface area contributed by atoms with Crippen LogP contribution in [0.1, 0.15) is 17.0 Å². The van der Waals surface area contributed by atoms with Gasteiger partial charge < -0.3 is 14.8 Å². The molecular formula is C13H18N6. The molecule has 0 unspecified atom stereocenters. The van der Waals surface area contributed by atoms with Crippen molar-refractivity contribution in [1.29, 1.82) is 0 Å². The zero-order valence-corrected chi connectivity index (χ0v) is 11.3. The Morgan fingerprint density at radius 2 is 2.26 bits per heavy atom. The van der Waals surface area contributed by atoms with Crippen LogP contribution < -0.4 is 10.2 Å². The second-order valence-corrected chi connectivity index (χ2v) is 4.88. The molecular weight excluding hydrogens is 240 g/mol. The minimum absolute atomic E-state index is 0.777. The molecule has 0 spiro atoms. The van der Waals surface area contributed by atoms with Gasteiger partial charge in [-0.15, -0.1) is 10.2 Å². The first-order valence-electron chi connectivity index (χ1n) is 6.49. The molecule has 6 heteroatoms. The molecule has 1 N–H and O–H groups in total. The maximum atomic E-state index is 4.61. The molecule has 0 aromatic carbocycles. The van der Waals surface area contributed by atoms with Gasteiger partial charge in [-0.3, -0.25) is 0 Å². The molecule has 0 atom stereocenters. The van der Waals surface area contributed by atoms with E-state index in [2.05, 4.69) is 43.0 Å². The molecule has 0 saturated carbocycles. The van der Waals surface area contributed by atoms with Crippen LogP contribution in [0.25, 0.3) is 0 Å². The van der Waals surface area contributed by atoms with Crippen LogP contribution in [0.3, 0.4) is 0 Å². The SMILES string of the molecule is CNCc1cnc(N2CCn3cnnc3C2)c(C)c1. The van der Waals surface area contributed by atoms with E-state index in [0.717, 1.165) is 37.8 Å². The maximum Gasteiger partial charge on any atom is 0.152 e. The van der Waals surface area contributed by atoms with Crippen molar-refractivity contribution in [2.45, 2.75) is 26.6 Å². The van der Waals surface area contributed by atoms with Crippen LogP contribution in [0.2, 0.25) is 0 Å². The summed E-state index contributed by atoms with van der Waals surface area (Å²) in [5, 5.41) is 11.2. The van der Waals surface area contributed by atoms with Crippen molar-refractivity contribution in [2.24, 2.45) is 0 Å². The highest BCUT2D eigenvalue weighted by atomic mass is 15.3. The topological polar surface area (TPSA) is 58.9 Å². The zero-order valence-electron chi connectivity index (χ0n) is 11.3. The fraction of sp³-hybridized carbons (Fsp3) is 0.462. The summed E-state index contributed by atoms with van der Waals surface area (Å²) in [5.74, 6) is 2.06. The van der Waals surface area contributed by atoms with Crippen molar-refractivity contribution in [3.05, 3.63) is 35.5 Å². The molecule has 6 nitrogen and oxygen atoms in total. The van der Waals surface area contributed by atoms with E-state index >= 15 is 0 Å². The summed E-state index contributed by atoms with van der Waals surface area (Å²) in [6.07, 6.45) is 3.74. The van der Waals surface area contributed by atoms with Crippen molar-refractivity contribution < 1.29 is 0 Å². The van der Waals surface area contributed by atoms with Crippen LogP contribution in [0.15, 0.2) is 18.6 Å². The molecule has 1 aliphatic rings. The monoisotopic (exact) mass is 258 g/mol. The molecule has 19 heavy (non-hydrogen) atoms. The van der Waals surface area contributed by atoms with Gasteiger partial charge >= 0.3 is 0 Å². The molecule has 1 aliphatic heterocycles. The lowest BCUT2D eigenvalue weighted by Gasteiger charge is -2.29. The van der Waals surface area contributed by atoms with E-state index in [1.807, 2.05) is 13.2 Å². The Kier molecular flexibility index (Phi) is 3.16. The number of pyridine rings is 1. The zero-order chi connectivity index (χ0) is 13.2. The maximum absolute atomic E-state index is 4.61. The number of aryl methyl sites for hydroxylation is 1. The summed E-state index contributed by atoms with van der Waals surface area (Å²) in [4.78, 5) is 6.87. The van der Waals surface area contributed by atoms with Crippen LogP contribution in [0.5, 0.6) is 0 Å². The van der Waals surface area contributed by atoms with E-state index < -0.39 is 0 Å². The van der Waals surface area contributed by atoms with E-state index in [-0.39, 0.29) is 0 Å². The Hall–Kier alpha value is -1.95. The van der Waals surface area contributed by atoms with Crippen LogP contribution >= 0.6 is 0 Å². The summed E-state index contributed by atoms with van der Waals surface area (Å²) in [5.41, 5.74) is 2.42. The number of aromatic nitrogens is 4. The Morgan fingerprint density at radius 1 is 1.37 bits per heavy atom. The Bertz CT molecular complexity index is 576. The first-order valence-corrected chi connectivity index (χ1v) is 6.49. The minimum atomic E-state index is 0.777. The van der Waals surface area contributed by atoms with Crippen molar-refractivity contribution in [3.8, 4) is 0 Å². The van der Waals surface area contributed by atoms with Gasteiger partial charge in [-0.05, 0) is 31.2 Å². The van der Waals surface area contributed by atoms with E-state index in [1.54, 1.807) is 6.33 Å². The molecule has 0 amide bonds. The standard InChI is InChI=1S/C13H18N6/c1-10-5-11(6-14-2)7-15-13(10)18-3-4-19-9-16-17-12(19)8-18/h5,7,9,14H,3-4,6,8H2,1-2H3. The fourth-order valence-corrected chi connectivity index (χ4v) is 2.50. The van der Waals surface area contributed by atoms with E-state index in [1.165, 1.54) is 11.1 Å². The fourth-order valence-electron chi connectivity index (χ4n) is 2.50. The molecule has 2 aromatic rings. The number of hydrogen-bond acceptors (Lipinski definition) is 5. The van der Waals surface area contributed by atoms with Gasteiger partial charge in [0.2, 0.25) is 0 Å². The van der Waals surface area contributed by atoms with Crippen LogP contribution in [-0.2, 0) is 19.6 Å². The van der Waals surface area contributed by atoms with E-state index in [9.17, 15) is 0 Å². The summed E-state index contributed by atoms with van der Waals surface area (Å²) < 4.78 is 2.10. The van der Waals surface area contributed by atoms with Gasteiger partial charge in [0.05, 0.1) is 6.54 Å². The Balaban J connectivity index is 1.83. The second kappa shape index (κ2) is 4.97. The molecule has 0 fully saturated rings. The van der Waals surface area contributed by atoms with Crippen molar-refractivity contribution >= 4 is 5.82 Å². The predicted molar refractivity (Wildman–Crippen MR) is 72.8 cm³/mol. The molecule has 100 valence electrons. The first kappa shape index (κ1) is 12.1. The van der Waals surface area contributed by atoms with Gasteiger partial charge in [0.25, 0.3) is 0 Å². The van der Waals surface area contributed by atoms with Gasteiger partial charge in [-0.25, -0.2) is 4.98 Å². The molecule has 3 heterocycles. The third-order valence-corrected chi connectivity index (χ3v) is 3.43. The number of nitrogens with one attached hydrogen (secondary N) is 1. The lowest BCUT2D eigenvalue weighted by Crippen LogP contribution is -2.34. The lowest BCUT2D eigenvalue weighted by atomic mass is 10.2.